The van der Waals surface area contributed by atoms with Gasteiger partial charge in [0.15, 0.2) is 0 Å². The molecule has 1 amide bonds. The number of aryl methyl sites for hydroxylation is 3. The lowest BCUT2D eigenvalue weighted by Gasteiger charge is -2.11. The van der Waals surface area contributed by atoms with Crippen molar-refractivity contribution in [1.82, 2.24) is 14.9 Å². The van der Waals surface area contributed by atoms with Gasteiger partial charge in [0.1, 0.15) is 4.83 Å². The van der Waals surface area contributed by atoms with Gasteiger partial charge in [0.25, 0.3) is 5.56 Å². The van der Waals surface area contributed by atoms with Gasteiger partial charge in [-0.3, -0.25) is 14.2 Å². The van der Waals surface area contributed by atoms with Crippen molar-refractivity contribution in [1.29, 1.82) is 0 Å². The minimum absolute atomic E-state index is 0.00144. The van der Waals surface area contributed by atoms with E-state index in [9.17, 15) is 9.59 Å². The number of nitrogens with one attached hydrogen (secondary N) is 1. The molecule has 0 spiro atoms. The molecule has 3 heterocycles. The number of nitrogens with zero attached hydrogens (tertiary/aromatic N) is 2. The van der Waals surface area contributed by atoms with Crippen LogP contribution in [0.4, 0.5) is 0 Å². The Balaban J connectivity index is 1.37. The minimum atomic E-state index is -0.0256. The maximum Gasteiger partial charge on any atom is 0.262 e. The molecule has 0 bridgehead atoms. The van der Waals surface area contributed by atoms with Gasteiger partial charge >= 0.3 is 0 Å². The molecule has 0 saturated carbocycles. The van der Waals surface area contributed by atoms with E-state index in [4.69, 9.17) is 4.74 Å². The highest BCUT2D eigenvalue weighted by Crippen LogP contribution is 2.33. The molecule has 6 nitrogen and oxygen atoms in total. The highest BCUT2D eigenvalue weighted by molar-refractivity contribution is 7.18. The number of hydrogen-bond donors (Lipinski definition) is 1. The number of fused-ring (bicyclic) bond motifs is 3. The molecule has 1 N–H and O–H groups in total. The molecule has 1 atom stereocenters. The smallest absolute Gasteiger partial charge is 0.262 e. The van der Waals surface area contributed by atoms with E-state index >= 15 is 0 Å². The molecule has 1 unspecified atom stereocenters. The van der Waals surface area contributed by atoms with Crippen LogP contribution in [0.5, 0.6) is 0 Å². The number of carbonyl (C=O) groups is 1. The van der Waals surface area contributed by atoms with E-state index in [0.29, 0.717) is 19.5 Å². The van der Waals surface area contributed by atoms with Gasteiger partial charge in [0, 0.05) is 31.0 Å². The van der Waals surface area contributed by atoms with Crippen LogP contribution in [-0.4, -0.2) is 34.7 Å². The fraction of sp³-hybridized carbons (Fsp3) is 0.632. The van der Waals surface area contributed by atoms with E-state index in [2.05, 4.69) is 10.3 Å². The molecule has 0 aromatic carbocycles. The predicted molar refractivity (Wildman–Crippen MR) is 102 cm³/mol. The molecule has 26 heavy (non-hydrogen) atoms. The van der Waals surface area contributed by atoms with E-state index in [1.807, 2.05) is 0 Å². The Hall–Kier alpha value is -1.73. The Labute approximate surface area is 156 Å². The Bertz CT molecular complexity index is 852. The van der Waals surface area contributed by atoms with Gasteiger partial charge in [-0.1, -0.05) is 0 Å². The van der Waals surface area contributed by atoms with Gasteiger partial charge in [0.2, 0.25) is 5.91 Å². The van der Waals surface area contributed by atoms with E-state index in [1.165, 1.54) is 16.9 Å². The summed E-state index contributed by atoms with van der Waals surface area (Å²) in [6, 6.07) is 0. The maximum absolute atomic E-state index is 12.8. The number of amides is 1. The zero-order valence-corrected chi connectivity index (χ0v) is 15.8. The lowest BCUT2D eigenvalue weighted by atomic mass is 9.97. The summed E-state index contributed by atoms with van der Waals surface area (Å²) in [6.07, 6.45) is 9.60. The monoisotopic (exact) mass is 375 g/mol. The second-order valence-corrected chi connectivity index (χ2v) is 8.24. The second kappa shape index (κ2) is 7.88. The van der Waals surface area contributed by atoms with Crippen molar-refractivity contribution in [2.24, 2.45) is 0 Å². The highest BCUT2D eigenvalue weighted by atomic mass is 32.1. The average Bonchev–Trinajstić information content (AvgIpc) is 3.28. The summed E-state index contributed by atoms with van der Waals surface area (Å²) in [5.41, 5.74) is 1.20. The number of rotatable bonds is 6. The first-order valence-electron chi connectivity index (χ1n) is 9.60. The zero-order chi connectivity index (χ0) is 17.9. The van der Waals surface area contributed by atoms with Crippen LogP contribution < -0.4 is 10.9 Å². The summed E-state index contributed by atoms with van der Waals surface area (Å²) in [5, 5.41) is 3.71. The second-order valence-electron chi connectivity index (χ2n) is 7.16. The molecular weight excluding hydrogens is 350 g/mol. The Morgan fingerprint density at radius 3 is 3.08 bits per heavy atom. The molecular formula is C19H25N3O3S. The van der Waals surface area contributed by atoms with Crippen LogP contribution in [0.15, 0.2) is 11.1 Å². The number of carbonyl (C=O) groups excluding carboxylic acids is 1. The molecule has 140 valence electrons. The van der Waals surface area contributed by atoms with Crippen molar-refractivity contribution < 1.29 is 9.53 Å². The topological polar surface area (TPSA) is 73.2 Å². The third-order valence-electron chi connectivity index (χ3n) is 5.33. The van der Waals surface area contributed by atoms with Gasteiger partial charge in [-0.05, 0) is 50.5 Å². The lowest BCUT2D eigenvalue weighted by molar-refractivity contribution is -0.121. The normalized spacial score (nSPS) is 19.6. The van der Waals surface area contributed by atoms with Crippen molar-refractivity contribution in [3.8, 4) is 0 Å². The van der Waals surface area contributed by atoms with Crippen molar-refractivity contribution in [3.05, 3.63) is 27.1 Å². The van der Waals surface area contributed by atoms with E-state index in [-0.39, 0.29) is 17.6 Å². The number of hydrogen-bond acceptors (Lipinski definition) is 5. The number of aromatic nitrogens is 2. The molecule has 1 aliphatic heterocycles. The zero-order valence-electron chi connectivity index (χ0n) is 15.0. The molecule has 7 heteroatoms. The van der Waals surface area contributed by atoms with Crippen molar-refractivity contribution in [2.75, 3.05) is 13.2 Å². The first-order valence-corrected chi connectivity index (χ1v) is 10.4. The van der Waals surface area contributed by atoms with Crippen LogP contribution in [0.3, 0.4) is 0 Å². The summed E-state index contributed by atoms with van der Waals surface area (Å²) < 4.78 is 7.14. The largest absolute Gasteiger partial charge is 0.378 e. The van der Waals surface area contributed by atoms with Crippen LogP contribution in [0.2, 0.25) is 0 Å². The third kappa shape index (κ3) is 3.69. The minimum Gasteiger partial charge on any atom is -0.378 e. The summed E-state index contributed by atoms with van der Waals surface area (Å²) in [6.45, 7) is 1.84. The van der Waals surface area contributed by atoms with Gasteiger partial charge in [-0.15, -0.1) is 11.3 Å². The Morgan fingerprint density at radius 2 is 2.23 bits per heavy atom. The van der Waals surface area contributed by atoms with E-state index < -0.39 is 0 Å². The van der Waals surface area contributed by atoms with Gasteiger partial charge in [-0.25, -0.2) is 4.98 Å². The quantitative estimate of drug-likeness (QED) is 0.841. The van der Waals surface area contributed by atoms with Crippen molar-refractivity contribution >= 4 is 27.5 Å². The SMILES string of the molecule is O=C(CCn1cnc2sc3c(c2c1=O)CCCC3)NCCC1CCCO1. The molecule has 0 radical (unpaired) electrons. The van der Waals surface area contributed by atoms with Crippen LogP contribution in [0.1, 0.15) is 49.0 Å². The first-order chi connectivity index (χ1) is 12.7. The van der Waals surface area contributed by atoms with Crippen LogP contribution >= 0.6 is 11.3 Å². The Morgan fingerprint density at radius 1 is 1.35 bits per heavy atom. The molecule has 2 aromatic rings. The molecule has 1 fully saturated rings. The van der Waals surface area contributed by atoms with Crippen molar-refractivity contribution in [2.45, 2.75) is 64.0 Å². The molecule has 4 rings (SSSR count). The van der Waals surface area contributed by atoms with Crippen molar-refractivity contribution in [3.63, 3.8) is 0 Å². The summed E-state index contributed by atoms with van der Waals surface area (Å²) in [5.74, 6) is -0.0256. The molecule has 2 aromatic heterocycles. The van der Waals surface area contributed by atoms with Gasteiger partial charge < -0.3 is 10.1 Å². The average molecular weight is 375 g/mol. The van der Waals surface area contributed by atoms with Crippen LogP contribution in [0, 0.1) is 0 Å². The van der Waals surface area contributed by atoms with E-state index in [1.54, 1.807) is 22.2 Å². The number of ether oxygens (including phenoxy) is 1. The van der Waals surface area contributed by atoms with E-state index in [0.717, 1.165) is 55.3 Å². The van der Waals surface area contributed by atoms with Crippen LogP contribution in [-0.2, 0) is 28.9 Å². The maximum atomic E-state index is 12.8. The summed E-state index contributed by atoms with van der Waals surface area (Å²) >= 11 is 1.65. The fourth-order valence-corrected chi connectivity index (χ4v) is 5.11. The highest BCUT2D eigenvalue weighted by Gasteiger charge is 2.20. The van der Waals surface area contributed by atoms with Gasteiger partial charge in [-0.2, -0.15) is 0 Å². The predicted octanol–water partition coefficient (Wildman–Crippen LogP) is 2.41. The standard InChI is InChI=1S/C19H25N3O3S/c23-16(20-9-7-13-4-3-11-25-13)8-10-22-12-21-18-17(19(22)24)14-5-1-2-6-15(14)26-18/h12-13H,1-11H2,(H,20,23). The molecule has 1 saturated heterocycles. The molecule has 1 aliphatic carbocycles. The lowest BCUT2D eigenvalue weighted by Crippen LogP contribution is -2.29. The third-order valence-corrected chi connectivity index (χ3v) is 6.53. The summed E-state index contributed by atoms with van der Waals surface area (Å²) in [7, 11) is 0. The van der Waals surface area contributed by atoms with Gasteiger partial charge in [0.05, 0.1) is 17.8 Å². The Kier molecular flexibility index (Phi) is 5.36. The van der Waals surface area contributed by atoms with Crippen LogP contribution in [0.25, 0.3) is 10.2 Å². The fourth-order valence-electron chi connectivity index (χ4n) is 3.90. The first kappa shape index (κ1) is 17.7. The summed E-state index contributed by atoms with van der Waals surface area (Å²) in [4.78, 5) is 31.5. The number of thiophene rings is 1. The molecule has 2 aliphatic rings.